The first kappa shape index (κ1) is 19.3. The zero-order valence-electron chi connectivity index (χ0n) is 15.1. The van der Waals surface area contributed by atoms with Crippen molar-refractivity contribution in [2.24, 2.45) is 5.92 Å². The van der Waals surface area contributed by atoms with Crippen molar-refractivity contribution in [2.75, 3.05) is 0 Å². The highest BCUT2D eigenvalue weighted by Crippen LogP contribution is 2.37. The van der Waals surface area contributed by atoms with Gasteiger partial charge >= 0.3 is 5.97 Å². The van der Waals surface area contributed by atoms with Gasteiger partial charge in [-0.15, -0.1) is 11.8 Å². The number of hydrogen-bond acceptors (Lipinski definition) is 3. The molecule has 0 radical (unpaired) electrons. The van der Waals surface area contributed by atoms with Crippen molar-refractivity contribution in [1.82, 2.24) is 0 Å². The van der Waals surface area contributed by atoms with Crippen LogP contribution in [0.4, 0.5) is 0 Å². The van der Waals surface area contributed by atoms with Gasteiger partial charge in [0, 0.05) is 37.2 Å². The van der Waals surface area contributed by atoms with Gasteiger partial charge in [-0.1, -0.05) is 19.1 Å². The highest BCUT2D eigenvalue weighted by molar-refractivity contribution is 5.66. The second-order valence-electron chi connectivity index (χ2n) is 6.82. The molecule has 2 rings (SSSR count). The summed E-state index contributed by atoms with van der Waals surface area (Å²) in [6.07, 6.45) is 8.64. The summed E-state index contributed by atoms with van der Waals surface area (Å²) in [5, 5.41) is 18.9. The van der Waals surface area contributed by atoms with Crippen LogP contribution in [0.3, 0.4) is 0 Å². The van der Waals surface area contributed by atoms with E-state index in [-0.39, 0.29) is 12.3 Å². The first-order chi connectivity index (χ1) is 12.0. The lowest BCUT2D eigenvalue weighted by Gasteiger charge is -2.13. The molecule has 0 bridgehead atoms. The van der Waals surface area contributed by atoms with Crippen LogP contribution in [-0.2, 0) is 17.6 Å². The van der Waals surface area contributed by atoms with Gasteiger partial charge in [-0.2, -0.15) is 0 Å². The third kappa shape index (κ3) is 5.79. The van der Waals surface area contributed by atoms with Gasteiger partial charge < -0.3 is 14.6 Å². The molecule has 25 heavy (non-hydrogen) atoms. The highest BCUT2D eigenvalue weighted by Gasteiger charge is 2.25. The lowest BCUT2D eigenvalue weighted by Crippen LogP contribution is -2.14. The Morgan fingerprint density at radius 3 is 3.00 bits per heavy atom. The Morgan fingerprint density at radius 2 is 2.28 bits per heavy atom. The fraction of sp³-hybridized carbons (Fsp3) is 0.571. The number of carboxylic acid groups (broad SMARTS) is 1. The number of aliphatic hydroxyl groups is 1. The van der Waals surface area contributed by atoms with Crippen molar-refractivity contribution in [3.8, 4) is 11.8 Å². The molecule has 1 aliphatic rings. The van der Waals surface area contributed by atoms with Gasteiger partial charge in [0.15, 0.2) is 0 Å². The molecule has 1 aromatic heterocycles. The van der Waals surface area contributed by atoms with Gasteiger partial charge in [0.1, 0.15) is 11.5 Å². The molecule has 1 aliphatic carbocycles. The van der Waals surface area contributed by atoms with Gasteiger partial charge in [-0.05, 0) is 38.2 Å². The standard InChI is InChI=1S/C21H28O4/c1-3-4-7-15(2)19(22)12-10-16-11-13-20-18(16)14-17(25-20)8-5-6-9-21(23)24/h10,12,14-16,19,22H,5-9,11,13H2,1-2H3,(H,23,24)/b12-10+/t15?,16-,19+/m0/s1. The molecule has 0 fully saturated rings. The van der Waals surface area contributed by atoms with E-state index in [9.17, 15) is 9.90 Å². The van der Waals surface area contributed by atoms with E-state index in [0.29, 0.717) is 18.8 Å². The van der Waals surface area contributed by atoms with E-state index in [1.165, 1.54) is 5.56 Å². The van der Waals surface area contributed by atoms with Crippen molar-refractivity contribution in [3.05, 3.63) is 35.3 Å². The maximum Gasteiger partial charge on any atom is 0.303 e. The number of rotatable bonds is 9. The summed E-state index contributed by atoms with van der Waals surface area (Å²) in [6.45, 7) is 3.82. The number of furan rings is 1. The zero-order valence-corrected chi connectivity index (χ0v) is 15.1. The van der Waals surface area contributed by atoms with E-state index < -0.39 is 12.1 Å². The number of aliphatic carboxylic acids is 1. The molecule has 1 heterocycles. The maximum atomic E-state index is 10.5. The summed E-state index contributed by atoms with van der Waals surface area (Å²) in [6, 6.07) is 2.11. The van der Waals surface area contributed by atoms with Gasteiger partial charge in [-0.25, -0.2) is 0 Å². The Bertz CT molecular complexity index is 659. The molecule has 0 spiro atoms. The number of aliphatic hydroxyl groups excluding tert-OH is 1. The number of allylic oxidation sites excluding steroid dienone is 1. The van der Waals surface area contributed by atoms with Crippen LogP contribution in [0.1, 0.15) is 69.0 Å². The zero-order chi connectivity index (χ0) is 18.2. The van der Waals surface area contributed by atoms with Crippen molar-refractivity contribution in [2.45, 2.75) is 70.8 Å². The van der Waals surface area contributed by atoms with Crippen LogP contribution >= 0.6 is 0 Å². The van der Waals surface area contributed by atoms with Crippen molar-refractivity contribution in [3.63, 3.8) is 0 Å². The van der Waals surface area contributed by atoms with Crippen LogP contribution in [0.25, 0.3) is 0 Å². The number of fused-ring (bicyclic) bond motifs is 1. The molecule has 1 unspecified atom stereocenters. The normalized spacial score (nSPS) is 18.6. The summed E-state index contributed by atoms with van der Waals surface area (Å²) in [5.41, 5.74) is 1.22. The number of carboxylic acids is 1. The molecular formula is C21H28O4. The Kier molecular flexibility index (Phi) is 7.33. The average molecular weight is 344 g/mol. The van der Waals surface area contributed by atoms with Crippen LogP contribution in [0.5, 0.6) is 0 Å². The van der Waals surface area contributed by atoms with E-state index in [2.05, 4.69) is 24.0 Å². The fourth-order valence-electron chi connectivity index (χ4n) is 3.17. The van der Waals surface area contributed by atoms with Crippen LogP contribution < -0.4 is 0 Å². The predicted molar refractivity (Wildman–Crippen MR) is 97.3 cm³/mol. The highest BCUT2D eigenvalue weighted by atomic mass is 16.4. The topological polar surface area (TPSA) is 70.7 Å². The average Bonchev–Trinajstić information content (AvgIpc) is 3.14. The van der Waals surface area contributed by atoms with E-state index >= 15 is 0 Å². The lowest BCUT2D eigenvalue weighted by molar-refractivity contribution is -0.137. The first-order valence-corrected chi connectivity index (χ1v) is 9.10. The van der Waals surface area contributed by atoms with Crippen LogP contribution in [0, 0.1) is 17.8 Å². The Labute approximate surface area is 149 Å². The largest absolute Gasteiger partial charge is 0.481 e. The number of aryl methyl sites for hydroxylation is 2. The van der Waals surface area contributed by atoms with Crippen molar-refractivity contribution >= 4 is 5.97 Å². The van der Waals surface area contributed by atoms with Crippen LogP contribution in [-0.4, -0.2) is 22.3 Å². The Hall–Kier alpha value is -1.99. The second-order valence-corrected chi connectivity index (χ2v) is 6.82. The Balaban J connectivity index is 1.88. The SMILES string of the molecule is CC#CCC(C)[C@H](O)/C=C/[C@H]1CCc2oc(CCCCC(=O)O)cc21. The number of hydrogen-bond donors (Lipinski definition) is 2. The minimum Gasteiger partial charge on any atom is -0.481 e. The fourth-order valence-corrected chi connectivity index (χ4v) is 3.17. The van der Waals surface area contributed by atoms with Gasteiger partial charge in [0.25, 0.3) is 0 Å². The smallest absolute Gasteiger partial charge is 0.303 e. The predicted octanol–water partition coefficient (Wildman–Crippen LogP) is 4.07. The Morgan fingerprint density at radius 1 is 1.48 bits per heavy atom. The second kappa shape index (κ2) is 9.48. The molecule has 1 aromatic rings. The van der Waals surface area contributed by atoms with Gasteiger partial charge in [-0.3, -0.25) is 4.79 Å². The van der Waals surface area contributed by atoms with Crippen LogP contribution in [0.2, 0.25) is 0 Å². The van der Waals surface area contributed by atoms with E-state index in [0.717, 1.165) is 37.2 Å². The summed E-state index contributed by atoms with van der Waals surface area (Å²) in [5.74, 6) is 7.54. The molecule has 136 valence electrons. The van der Waals surface area contributed by atoms with Crippen LogP contribution in [0.15, 0.2) is 22.6 Å². The third-order valence-corrected chi connectivity index (χ3v) is 4.76. The molecule has 4 nitrogen and oxygen atoms in total. The first-order valence-electron chi connectivity index (χ1n) is 9.10. The van der Waals surface area contributed by atoms with Gasteiger partial charge in [0.2, 0.25) is 0 Å². The molecular weight excluding hydrogens is 316 g/mol. The van der Waals surface area contributed by atoms with E-state index in [1.807, 2.05) is 19.9 Å². The molecule has 0 amide bonds. The van der Waals surface area contributed by atoms with E-state index in [1.54, 1.807) is 0 Å². The molecule has 0 aliphatic heterocycles. The molecule has 0 saturated carbocycles. The molecule has 2 N–H and O–H groups in total. The number of carbonyl (C=O) groups is 1. The molecule has 0 aromatic carbocycles. The molecule has 3 atom stereocenters. The lowest BCUT2D eigenvalue weighted by atomic mass is 9.97. The molecule has 0 saturated heterocycles. The monoisotopic (exact) mass is 344 g/mol. The third-order valence-electron chi connectivity index (χ3n) is 4.76. The summed E-state index contributed by atoms with van der Waals surface area (Å²) in [4.78, 5) is 10.5. The van der Waals surface area contributed by atoms with Crippen molar-refractivity contribution < 1.29 is 19.4 Å². The molecule has 4 heteroatoms. The summed E-state index contributed by atoms with van der Waals surface area (Å²) < 4.78 is 5.91. The van der Waals surface area contributed by atoms with E-state index in [4.69, 9.17) is 9.52 Å². The minimum atomic E-state index is -0.746. The quantitative estimate of drug-likeness (QED) is 0.402. The minimum absolute atomic E-state index is 0.124. The maximum absolute atomic E-state index is 10.5. The number of unbranched alkanes of at least 4 members (excludes halogenated alkanes) is 1. The summed E-state index contributed by atoms with van der Waals surface area (Å²) in [7, 11) is 0. The van der Waals surface area contributed by atoms with Crippen molar-refractivity contribution in [1.29, 1.82) is 0 Å². The van der Waals surface area contributed by atoms with Gasteiger partial charge in [0.05, 0.1) is 6.10 Å². The summed E-state index contributed by atoms with van der Waals surface area (Å²) >= 11 is 0.